The topological polar surface area (TPSA) is 58.6 Å². The number of rotatable bonds is 4. The van der Waals surface area contributed by atoms with Gasteiger partial charge in [-0.05, 0) is 5.56 Å². The standard InChI is InChI=1S/C15H18N2O3/c18-10-12-13(11-4-2-1-3-5-11)14(12)15(19)16-17-6-8-20-9-7-17/h1-5,10,12-14H,6-9H2,(H,16,19). The molecule has 3 unspecified atom stereocenters. The van der Waals surface area contributed by atoms with Crippen LogP contribution in [-0.4, -0.2) is 43.5 Å². The Bertz CT molecular complexity index is 485. The van der Waals surface area contributed by atoms with Gasteiger partial charge in [-0.2, -0.15) is 0 Å². The summed E-state index contributed by atoms with van der Waals surface area (Å²) in [6.45, 7) is 2.65. The van der Waals surface area contributed by atoms with E-state index in [1.807, 2.05) is 35.3 Å². The van der Waals surface area contributed by atoms with E-state index in [9.17, 15) is 9.59 Å². The van der Waals surface area contributed by atoms with E-state index in [0.717, 1.165) is 11.8 Å². The zero-order valence-corrected chi connectivity index (χ0v) is 11.2. The second-order valence-corrected chi connectivity index (χ2v) is 5.25. The molecule has 3 atom stereocenters. The molecule has 1 N–H and O–H groups in total. The van der Waals surface area contributed by atoms with Gasteiger partial charge in [0.15, 0.2) is 0 Å². The first-order valence-electron chi connectivity index (χ1n) is 6.94. The highest BCUT2D eigenvalue weighted by atomic mass is 16.5. The number of ether oxygens (including phenoxy) is 1. The van der Waals surface area contributed by atoms with Gasteiger partial charge in [0.2, 0.25) is 5.91 Å². The fraction of sp³-hybridized carbons (Fsp3) is 0.467. The first-order chi connectivity index (χ1) is 9.81. The predicted octanol–water partition coefficient (Wildman–Crippen LogP) is 0.579. The molecular formula is C15H18N2O3. The van der Waals surface area contributed by atoms with Crippen LogP contribution in [-0.2, 0) is 14.3 Å². The van der Waals surface area contributed by atoms with Crippen LogP contribution in [0.3, 0.4) is 0 Å². The number of nitrogens with zero attached hydrogens (tertiary/aromatic N) is 1. The van der Waals surface area contributed by atoms with E-state index in [1.54, 1.807) is 0 Å². The van der Waals surface area contributed by atoms with E-state index >= 15 is 0 Å². The van der Waals surface area contributed by atoms with Gasteiger partial charge in [-0.1, -0.05) is 30.3 Å². The summed E-state index contributed by atoms with van der Waals surface area (Å²) in [5, 5.41) is 1.87. The van der Waals surface area contributed by atoms with Crippen molar-refractivity contribution in [2.45, 2.75) is 5.92 Å². The van der Waals surface area contributed by atoms with Gasteiger partial charge in [-0.25, -0.2) is 5.01 Å². The summed E-state index contributed by atoms with van der Waals surface area (Å²) >= 11 is 0. The molecule has 5 nitrogen and oxygen atoms in total. The monoisotopic (exact) mass is 274 g/mol. The molecule has 1 saturated heterocycles. The Kier molecular flexibility index (Phi) is 3.80. The zero-order valence-electron chi connectivity index (χ0n) is 11.2. The number of nitrogens with one attached hydrogen (secondary N) is 1. The number of hydrazine groups is 1. The van der Waals surface area contributed by atoms with Crippen LogP contribution in [0.2, 0.25) is 0 Å². The Balaban J connectivity index is 1.64. The molecule has 0 bridgehead atoms. The van der Waals surface area contributed by atoms with E-state index < -0.39 is 0 Å². The Morgan fingerprint density at radius 1 is 1.25 bits per heavy atom. The number of amides is 1. The summed E-state index contributed by atoms with van der Waals surface area (Å²) in [5.41, 5.74) is 3.96. The molecule has 0 radical (unpaired) electrons. The first kappa shape index (κ1) is 13.3. The van der Waals surface area contributed by atoms with E-state index in [0.29, 0.717) is 26.3 Å². The van der Waals surface area contributed by atoms with Crippen LogP contribution in [0.1, 0.15) is 11.5 Å². The van der Waals surface area contributed by atoms with Gasteiger partial charge in [-0.3, -0.25) is 10.2 Å². The molecule has 106 valence electrons. The minimum Gasteiger partial charge on any atom is -0.379 e. The van der Waals surface area contributed by atoms with Crippen molar-refractivity contribution in [1.82, 2.24) is 10.4 Å². The Morgan fingerprint density at radius 3 is 2.60 bits per heavy atom. The summed E-state index contributed by atoms with van der Waals surface area (Å²) in [6.07, 6.45) is 0.904. The summed E-state index contributed by atoms with van der Waals surface area (Å²) in [7, 11) is 0. The number of carbonyl (C=O) groups is 2. The molecule has 2 aliphatic rings. The molecule has 1 aliphatic carbocycles. The average Bonchev–Trinajstić information content (AvgIpc) is 3.24. The van der Waals surface area contributed by atoms with Crippen molar-refractivity contribution in [2.75, 3.05) is 26.3 Å². The highest BCUT2D eigenvalue weighted by Gasteiger charge is 2.55. The number of morpholine rings is 1. The highest BCUT2D eigenvalue weighted by molar-refractivity contribution is 5.88. The van der Waals surface area contributed by atoms with Crippen molar-refractivity contribution in [3.63, 3.8) is 0 Å². The minimum absolute atomic E-state index is 0.0229. The number of hydrogen-bond donors (Lipinski definition) is 1. The summed E-state index contributed by atoms with van der Waals surface area (Å²) in [5.74, 6) is -0.469. The van der Waals surface area contributed by atoms with E-state index in [2.05, 4.69) is 5.43 Å². The zero-order chi connectivity index (χ0) is 13.9. The molecule has 1 heterocycles. The van der Waals surface area contributed by atoms with Crippen molar-refractivity contribution in [1.29, 1.82) is 0 Å². The molecule has 3 rings (SSSR count). The Labute approximate surface area is 117 Å². The Hall–Kier alpha value is -1.72. The van der Waals surface area contributed by atoms with Crippen LogP contribution >= 0.6 is 0 Å². The molecule has 1 aromatic carbocycles. The lowest BCUT2D eigenvalue weighted by molar-refractivity contribution is -0.130. The molecule has 2 fully saturated rings. The number of carbonyl (C=O) groups excluding carboxylic acids is 2. The summed E-state index contributed by atoms with van der Waals surface area (Å²) < 4.78 is 5.24. The maximum Gasteiger partial charge on any atom is 0.238 e. The van der Waals surface area contributed by atoms with Gasteiger partial charge in [0, 0.05) is 24.9 Å². The molecule has 1 aromatic rings. The fourth-order valence-corrected chi connectivity index (χ4v) is 2.85. The van der Waals surface area contributed by atoms with Crippen molar-refractivity contribution >= 4 is 12.2 Å². The van der Waals surface area contributed by atoms with Crippen molar-refractivity contribution in [2.24, 2.45) is 11.8 Å². The second kappa shape index (κ2) is 5.73. The normalized spacial score (nSPS) is 29.7. The van der Waals surface area contributed by atoms with Crippen molar-refractivity contribution in [3.8, 4) is 0 Å². The van der Waals surface area contributed by atoms with Crippen LogP contribution in [0.15, 0.2) is 30.3 Å². The molecule has 0 aromatic heterocycles. The quantitative estimate of drug-likeness (QED) is 0.816. The van der Waals surface area contributed by atoms with Crippen LogP contribution in [0, 0.1) is 11.8 Å². The highest BCUT2D eigenvalue weighted by Crippen LogP contribution is 2.52. The van der Waals surface area contributed by atoms with Crippen molar-refractivity contribution < 1.29 is 14.3 Å². The van der Waals surface area contributed by atoms with Crippen LogP contribution < -0.4 is 5.43 Å². The fourth-order valence-electron chi connectivity index (χ4n) is 2.85. The predicted molar refractivity (Wildman–Crippen MR) is 72.8 cm³/mol. The van der Waals surface area contributed by atoms with Crippen LogP contribution in [0.25, 0.3) is 0 Å². The van der Waals surface area contributed by atoms with Crippen molar-refractivity contribution in [3.05, 3.63) is 35.9 Å². The van der Waals surface area contributed by atoms with Crippen LogP contribution in [0.5, 0.6) is 0 Å². The lowest BCUT2D eigenvalue weighted by atomic mass is 10.1. The van der Waals surface area contributed by atoms with E-state index in [1.165, 1.54) is 0 Å². The van der Waals surface area contributed by atoms with Gasteiger partial charge in [-0.15, -0.1) is 0 Å². The van der Waals surface area contributed by atoms with Gasteiger partial charge in [0.25, 0.3) is 0 Å². The maximum atomic E-state index is 12.3. The van der Waals surface area contributed by atoms with Gasteiger partial charge >= 0.3 is 0 Å². The van der Waals surface area contributed by atoms with Gasteiger partial charge < -0.3 is 9.53 Å². The second-order valence-electron chi connectivity index (χ2n) is 5.25. The number of hydrogen-bond acceptors (Lipinski definition) is 4. The van der Waals surface area contributed by atoms with E-state index in [4.69, 9.17) is 4.74 Å². The summed E-state index contributed by atoms with van der Waals surface area (Å²) in [6, 6.07) is 9.76. The first-order valence-corrected chi connectivity index (χ1v) is 6.94. The van der Waals surface area contributed by atoms with Gasteiger partial charge in [0.05, 0.1) is 19.1 Å². The third-order valence-electron chi connectivity index (χ3n) is 4.00. The molecular weight excluding hydrogens is 256 g/mol. The average molecular weight is 274 g/mol. The SMILES string of the molecule is O=CC1C(C(=O)NN2CCOCC2)C1c1ccccc1. The van der Waals surface area contributed by atoms with Crippen LogP contribution in [0.4, 0.5) is 0 Å². The molecule has 0 spiro atoms. The molecule has 5 heteroatoms. The Morgan fingerprint density at radius 2 is 1.95 bits per heavy atom. The summed E-state index contributed by atoms with van der Waals surface area (Å²) in [4.78, 5) is 23.4. The molecule has 1 saturated carbocycles. The maximum absolute atomic E-state index is 12.3. The third kappa shape index (κ3) is 2.59. The number of benzene rings is 1. The lowest BCUT2D eigenvalue weighted by Crippen LogP contribution is -2.49. The largest absolute Gasteiger partial charge is 0.379 e. The third-order valence-corrected chi connectivity index (χ3v) is 4.00. The minimum atomic E-state index is -0.238. The molecule has 1 amide bonds. The lowest BCUT2D eigenvalue weighted by Gasteiger charge is -2.27. The van der Waals surface area contributed by atoms with E-state index in [-0.39, 0.29) is 23.7 Å². The molecule has 1 aliphatic heterocycles. The van der Waals surface area contributed by atoms with Gasteiger partial charge in [0.1, 0.15) is 6.29 Å². The smallest absolute Gasteiger partial charge is 0.238 e. The molecule has 20 heavy (non-hydrogen) atoms. The number of aldehydes is 1.